The van der Waals surface area contributed by atoms with Crippen molar-refractivity contribution in [1.29, 1.82) is 0 Å². The quantitative estimate of drug-likeness (QED) is 0.611. The van der Waals surface area contributed by atoms with Crippen LogP contribution in [0.5, 0.6) is 0 Å². The summed E-state index contributed by atoms with van der Waals surface area (Å²) in [6, 6.07) is 9.88. The van der Waals surface area contributed by atoms with Crippen LogP contribution >= 0.6 is 0 Å². The van der Waals surface area contributed by atoms with Gasteiger partial charge in [0.1, 0.15) is 0 Å². The molecule has 0 radical (unpaired) electrons. The highest BCUT2D eigenvalue weighted by Gasteiger charge is 2.11. The van der Waals surface area contributed by atoms with Crippen LogP contribution in [0.1, 0.15) is 37.7 Å². The van der Waals surface area contributed by atoms with Gasteiger partial charge < -0.3 is 15.5 Å². The summed E-state index contributed by atoms with van der Waals surface area (Å²) in [6.07, 6.45) is 1.96. The average molecular weight is 279 g/mol. The third kappa shape index (κ3) is 7.53. The molecule has 1 atom stereocenters. The first kappa shape index (κ1) is 16.2. The van der Waals surface area contributed by atoms with Gasteiger partial charge in [0.2, 0.25) is 0 Å². The summed E-state index contributed by atoms with van der Waals surface area (Å²) in [4.78, 5) is 21.1. The second-order valence-corrected chi connectivity index (χ2v) is 4.78. The van der Waals surface area contributed by atoms with Crippen LogP contribution in [0, 0.1) is 0 Å². The fourth-order valence-corrected chi connectivity index (χ4v) is 2.00. The molecule has 0 fully saturated rings. The van der Waals surface area contributed by atoms with Gasteiger partial charge in [0, 0.05) is 25.4 Å². The lowest BCUT2D eigenvalue weighted by atomic mass is 10.0. The number of benzene rings is 1. The van der Waals surface area contributed by atoms with Crippen LogP contribution in [0.25, 0.3) is 0 Å². The van der Waals surface area contributed by atoms with Crippen LogP contribution in [0.3, 0.4) is 0 Å². The largest absolute Gasteiger partial charge is 0.481 e. The first-order valence-corrected chi connectivity index (χ1v) is 6.79. The topological polar surface area (TPSA) is 86.6 Å². The van der Waals surface area contributed by atoms with Gasteiger partial charge in [-0.2, -0.15) is 0 Å². The molecule has 1 unspecified atom stereocenters. The Balaban J connectivity index is 2.40. The second kappa shape index (κ2) is 9.09. The highest BCUT2D eigenvalue weighted by Crippen LogP contribution is 2.09. The van der Waals surface area contributed by atoms with Gasteiger partial charge in [0.05, 0.1) is 0 Å². The molecule has 0 spiro atoms. The first-order chi connectivity index (χ1) is 9.58. The summed E-state index contributed by atoms with van der Waals surface area (Å²) in [6.45, 7) is 0.665. The van der Waals surface area contributed by atoms with E-state index in [1.165, 1.54) is 0 Å². The average Bonchev–Trinajstić information content (AvgIpc) is 2.42. The fourth-order valence-electron chi connectivity index (χ4n) is 2.00. The number of carboxylic acid groups (broad SMARTS) is 2. The van der Waals surface area contributed by atoms with Gasteiger partial charge in [-0.1, -0.05) is 30.3 Å². The van der Waals surface area contributed by atoms with E-state index in [0.717, 1.165) is 5.56 Å². The standard InChI is InChI=1S/C15H21NO4/c17-14(18)8-4-7-13(9-10-15(19)20)16-11-12-5-2-1-3-6-12/h1-3,5-6,13,16H,4,7-11H2,(H,17,18)(H,19,20). The number of hydrogen-bond acceptors (Lipinski definition) is 3. The molecule has 3 N–H and O–H groups in total. The molecule has 5 heteroatoms. The molecule has 0 aliphatic carbocycles. The number of carboxylic acids is 2. The number of carbonyl (C=O) groups is 2. The first-order valence-electron chi connectivity index (χ1n) is 6.79. The molecule has 0 saturated carbocycles. The van der Waals surface area contributed by atoms with E-state index in [2.05, 4.69) is 5.32 Å². The summed E-state index contributed by atoms with van der Waals surface area (Å²) < 4.78 is 0. The van der Waals surface area contributed by atoms with Gasteiger partial charge in [-0.3, -0.25) is 9.59 Å². The zero-order valence-electron chi connectivity index (χ0n) is 11.4. The highest BCUT2D eigenvalue weighted by atomic mass is 16.4. The van der Waals surface area contributed by atoms with Crippen molar-refractivity contribution in [3.63, 3.8) is 0 Å². The van der Waals surface area contributed by atoms with Crippen LogP contribution in [-0.2, 0) is 16.1 Å². The van der Waals surface area contributed by atoms with Gasteiger partial charge in [-0.05, 0) is 24.8 Å². The van der Waals surface area contributed by atoms with E-state index >= 15 is 0 Å². The van der Waals surface area contributed by atoms with Gasteiger partial charge in [-0.25, -0.2) is 0 Å². The SMILES string of the molecule is O=C(O)CCCC(CCC(=O)O)NCc1ccccc1. The van der Waals surface area contributed by atoms with Crippen molar-refractivity contribution in [2.45, 2.75) is 44.7 Å². The Kier molecular flexibility index (Phi) is 7.35. The number of hydrogen-bond donors (Lipinski definition) is 3. The van der Waals surface area contributed by atoms with Crippen molar-refractivity contribution in [3.8, 4) is 0 Å². The van der Waals surface area contributed by atoms with E-state index in [1.807, 2.05) is 30.3 Å². The van der Waals surface area contributed by atoms with Gasteiger partial charge >= 0.3 is 11.9 Å². The number of rotatable bonds is 10. The lowest BCUT2D eigenvalue weighted by molar-refractivity contribution is -0.138. The summed E-state index contributed by atoms with van der Waals surface area (Å²) in [5.74, 6) is -1.64. The number of aliphatic carboxylic acids is 2. The Morgan fingerprint density at radius 3 is 2.25 bits per heavy atom. The van der Waals surface area contributed by atoms with Crippen molar-refractivity contribution in [3.05, 3.63) is 35.9 Å². The zero-order chi connectivity index (χ0) is 14.8. The van der Waals surface area contributed by atoms with Crippen LogP contribution in [0.4, 0.5) is 0 Å². The zero-order valence-corrected chi connectivity index (χ0v) is 11.4. The molecule has 0 aliphatic rings. The van der Waals surface area contributed by atoms with Crippen molar-refractivity contribution < 1.29 is 19.8 Å². The molecule has 20 heavy (non-hydrogen) atoms. The normalized spacial score (nSPS) is 12.0. The molecular weight excluding hydrogens is 258 g/mol. The van der Waals surface area contributed by atoms with Crippen molar-refractivity contribution in [2.24, 2.45) is 0 Å². The fraction of sp³-hybridized carbons (Fsp3) is 0.467. The van der Waals surface area contributed by atoms with E-state index in [4.69, 9.17) is 10.2 Å². The molecule has 0 aromatic heterocycles. The van der Waals surface area contributed by atoms with Crippen LogP contribution < -0.4 is 5.32 Å². The van der Waals surface area contributed by atoms with Gasteiger partial charge in [0.15, 0.2) is 0 Å². The molecule has 0 amide bonds. The minimum absolute atomic E-state index is 0.0330. The van der Waals surface area contributed by atoms with Crippen LogP contribution in [0.15, 0.2) is 30.3 Å². The summed E-state index contributed by atoms with van der Waals surface area (Å²) in [5, 5.41) is 20.7. The van der Waals surface area contributed by atoms with Crippen LogP contribution in [0.2, 0.25) is 0 Å². The molecule has 0 saturated heterocycles. The molecule has 1 rings (SSSR count). The van der Waals surface area contributed by atoms with E-state index in [-0.39, 0.29) is 18.9 Å². The maximum atomic E-state index is 10.6. The van der Waals surface area contributed by atoms with Gasteiger partial charge in [0.25, 0.3) is 0 Å². The Morgan fingerprint density at radius 2 is 1.65 bits per heavy atom. The van der Waals surface area contributed by atoms with E-state index in [9.17, 15) is 9.59 Å². The Morgan fingerprint density at radius 1 is 1.00 bits per heavy atom. The second-order valence-electron chi connectivity index (χ2n) is 4.78. The number of nitrogens with one attached hydrogen (secondary N) is 1. The minimum Gasteiger partial charge on any atom is -0.481 e. The Labute approximate surface area is 118 Å². The summed E-state index contributed by atoms with van der Waals surface area (Å²) in [7, 11) is 0. The third-order valence-corrected chi connectivity index (χ3v) is 3.09. The lowest BCUT2D eigenvalue weighted by Crippen LogP contribution is -2.29. The molecule has 110 valence electrons. The molecule has 0 heterocycles. The molecule has 1 aromatic carbocycles. The van der Waals surface area contributed by atoms with Gasteiger partial charge in [-0.15, -0.1) is 0 Å². The molecule has 0 aliphatic heterocycles. The van der Waals surface area contributed by atoms with E-state index < -0.39 is 11.9 Å². The van der Waals surface area contributed by atoms with Crippen LogP contribution in [-0.4, -0.2) is 28.2 Å². The summed E-state index contributed by atoms with van der Waals surface area (Å²) >= 11 is 0. The smallest absolute Gasteiger partial charge is 0.303 e. The third-order valence-electron chi connectivity index (χ3n) is 3.09. The van der Waals surface area contributed by atoms with Crippen molar-refractivity contribution in [2.75, 3.05) is 0 Å². The maximum Gasteiger partial charge on any atom is 0.303 e. The molecular formula is C15H21NO4. The minimum atomic E-state index is -0.824. The molecule has 5 nitrogen and oxygen atoms in total. The van der Waals surface area contributed by atoms with E-state index in [0.29, 0.717) is 25.8 Å². The monoisotopic (exact) mass is 279 g/mol. The predicted octanol–water partition coefficient (Wildman–Crippen LogP) is 2.26. The van der Waals surface area contributed by atoms with Crippen molar-refractivity contribution >= 4 is 11.9 Å². The summed E-state index contributed by atoms with van der Waals surface area (Å²) in [5.41, 5.74) is 1.13. The molecule has 0 bridgehead atoms. The van der Waals surface area contributed by atoms with Crippen molar-refractivity contribution in [1.82, 2.24) is 5.32 Å². The lowest BCUT2D eigenvalue weighted by Gasteiger charge is -2.17. The Bertz CT molecular complexity index is 419. The maximum absolute atomic E-state index is 10.6. The predicted molar refractivity (Wildman–Crippen MR) is 75.4 cm³/mol. The highest BCUT2D eigenvalue weighted by molar-refractivity contribution is 5.67. The molecule has 1 aromatic rings. The van der Waals surface area contributed by atoms with E-state index in [1.54, 1.807) is 0 Å². The Hall–Kier alpha value is -1.88.